The summed E-state index contributed by atoms with van der Waals surface area (Å²) in [6.07, 6.45) is 1.22. The molecule has 0 aliphatic rings. The van der Waals surface area contributed by atoms with Crippen molar-refractivity contribution in [2.45, 2.75) is 13.0 Å². The zero-order valence-corrected chi connectivity index (χ0v) is 9.23. The Kier molecular flexibility index (Phi) is 3.87. The molecular formula is C9H13N3O4. The molecule has 7 heteroatoms. The minimum atomic E-state index is -0.617. The van der Waals surface area contributed by atoms with Crippen LogP contribution >= 0.6 is 0 Å². The second kappa shape index (κ2) is 5.15. The maximum atomic E-state index is 11.3. The van der Waals surface area contributed by atoms with E-state index in [9.17, 15) is 9.59 Å². The fourth-order valence-corrected chi connectivity index (χ4v) is 1.12. The number of nitrogens with zero attached hydrogens (tertiary/aromatic N) is 1. The Morgan fingerprint density at radius 1 is 1.56 bits per heavy atom. The summed E-state index contributed by atoms with van der Waals surface area (Å²) in [6, 6.07) is -0.617. The predicted molar refractivity (Wildman–Crippen MR) is 56.5 cm³/mol. The Morgan fingerprint density at radius 2 is 2.25 bits per heavy atom. The average Bonchev–Trinajstić information content (AvgIpc) is 2.28. The van der Waals surface area contributed by atoms with Crippen molar-refractivity contribution in [2.24, 2.45) is 0 Å². The number of aromatic nitrogens is 2. The first-order chi connectivity index (χ1) is 7.60. The SMILES string of the molecule is COC(=O)C(C)Nc1nc[nH]c(=O)c1OC. The van der Waals surface area contributed by atoms with Crippen LogP contribution in [-0.2, 0) is 9.53 Å². The Hall–Kier alpha value is -2.05. The summed E-state index contributed by atoms with van der Waals surface area (Å²) in [5.41, 5.74) is -0.419. The number of hydrogen-bond donors (Lipinski definition) is 2. The Labute approximate surface area is 91.8 Å². The molecule has 0 bridgehead atoms. The molecule has 0 spiro atoms. The van der Waals surface area contributed by atoms with Gasteiger partial charge in [0.25, 0.3) is 5.56 Å². The summed E-state index contributed by atoms with van der Waals surface area (Å²) in [6.45, 7) is 1.59. The molecule has 1 aromatic heterocycles. The van der Waals surface area contributed by atoms with E-state index in [1.54, 1.807) is 6.92 Å². The number of carbonyl (C=O) groups is 1. The zero-order valence-electron chi connectivity index (χ0n) is 9.23. The van der Waals surface area contributed by atoms with Crippen LogP contribution < -0.4 is 15.6 Å². The highest BCUT2D eigenvalue weighted by Crippen LogP contribution is 2.15. The molecule has 0 radical (unpaired) electrons. The molecule has 1 aromatic rings. The van der Waals surface area contributed by atoms with Gasteiger partial charge >= 0.3 is 5.97 Å². The van der Waals surface area contributed by atoms with Gasteiger partial charge in [-0.25, -0.2) is 9.78 Å². The molecule has 88 valence electrons. The molecular weight excluding hydrogens is 214 g/mol. The van der Waals surface area contributed by atoms with Crippen LogP contribution in [0.4, 0.5) is 5.82 Å². The van der Waals surface area contributed by atoms with Crippen LogP contribution in [0.5, 0.6) is 5.75 Å². The van der Waals surface area contributed by atoms with Gasteiger partial charge in [0.2, 0.25) is 5.75 Å². The lowest BCUT2D eigenvalue weighted by molar-refractivity contribution is -0.141. The fraction of sp³-hybridized carbons (Fsp3) is 0.444. The van der Waals surface area contributed by atoms with Crippen LogP contribution in [0.2, 0.25) is 0 Å². The fourth-order valence-electron chi connectivity index (χ4n) is 1.12. The molecule has 1 rings (SSSR count). The molecule has 0 saturated carbocycles. The first-order valence-electron chi connectivity index (χ1n) is 4.56. The molecule has 2 N–H and O–H groups in total. The van der Waals surface area contributed by atoms with Crippen molar-refractivity contribution < 1.29 is 14.3 Å². The normalized spacial score (nSPS) is 11.7. The third kappa shape index (κ3) is 2.50. The molecule has 0 aromatic carbocycles. The number of carbonyl (C=O) groups excluding carboxylic acids is 1. The largest absolute Gasteiger partial charge is 0.489 e. The highest BCUT2D eigenvalue weighted by atomic mass is 16.5. The van der Waals surface area contributed by atoms with Crippen molar-refractivity contribution in [3.05, 3.63) is 16.7 Å². The van der Waals surface area contributed by atoms with E-state index in [0.29, 0.717) is 0 Å². The zero-order chi connectivity index (χ0) is 12.1. The summed E-state index contributed by atoms with van der Waals surface area (Å²) in [5.74, 6) is -0.230. The van der Waals surface area contributed by atoms with Crippen LogP contribution in [0.3, 0.4) is 0 Å². The number of ether oxygens (including phenoxy) is 2. The van der Waals surface area contributed by atoms with Crippen molar-refractivity contribution in [3.8, 4) is 5.75 Å². The predicted octanol–water partition coefficient (Wildman–Crippen LogP) is -0.248. The highest BCUT2D eigenvalue weighted by molar-refractivity contribution is 5.78. The first kappa shape index (κ1) is 12.0. The molecule has 0 amide bonds. The van der Waals surface area contributed by atoms with Crippen LogP contribution in [0.25, 0.3) is 0 Å². The number of aromatic amines is 1. The van der Waals surface area contributed by atoms with Crippen LogP contribution in [0, 0.1) is 0 Å². The Balaban J connectivity index is 2.93. The van der Waals surface area contributed by atoms with Gasteiger partial charge in [0.15, 0.2) is 5.82 Å². The number of H-pyrrole nitrogens is 1. The summed E-state index contributed by atoms with van der Waals surface area (Å²) >= 11 is 0. The van der Waals surface area contributed by atoms with Gasteiger partial charge in [0, 0.05) is 0 Å². The van der Waals surface area contributed by atoms with E-state index in [1.807, 2.05) is 0 Å². The Bertz CT molecular complexity index is 429. The quantitative estimate of drug-likeness (QED) is 0.689. The number of methoxy groups -OCH3 is 2. The van der Waals surface area contributed by atoms with E-state index in [4.69, 9.17) is 4.74 Å². The van der Waals surface area contributed by atoms with Gasteiger partial charge in [-0.3, -0.25) is 4.79 Å². The number of rotatable bonds is 4. The molecule has 16 heavy (non-hydrogen) atoms. The van der Waals surface area contributed by atoms with E-state index in [-0.39, 0.29) is 11.6 Å². The van der Waals surface area contributed by atoms with E-state index in [0.717, 1.165) is 0 Å². The lowest BCUT2D eigenvalue weighted by Gasteiger charge is -2.13. The third-order valence-electron chi connectivity index (χ3n) is 1.92. The minimum absolute atomic E-state index is 0.0262. The molecule has 1 unspecified atom stereocenters. The topological polar surface area (TPSA) is 93.3 Å². The van der Waals surface area contributed by atoms with E-state index in [2.05, 4.69) is 20.0 Å². The van der Waals surface area contributed by atoms with E-state index in [1.165, 1.54) is 20.5 Å². The number of hydrogen-bond acceptors (Lipinski definition) is 6. The molecule has 0 saturated heterocycles. The van der Waals surface area contributed by atoms with Gasteiger partial charge in [0.05, 0.1) is 20.5 Å². The molecule has 7 nitrogen and oxygen atoms in total. The second-order valence-electron chi connectivity index (χ2n) is 3.00. The van der Waals surface area contributed by atoms with Gasteiger partial charge in [0.1, 0.15) is 6.04 Å². The van der Waals surface area contributed by atoms with Crippen molar-refractivity contribution in [1.82, 2.24) is 9.97 Å². The summed E-state index contributed by atoms with van der Waals surface area (Å²) < 4.78 is 9.40. The lowest BCUT2D eigenvalue weighted by atomic mass is 10.3. The van der Waals surface area contributed by atoms with Gasteiger partial charge in [-0.2, -0.15) is 0 Å². The number of anilines is 1. The van der Waals surface area contributed by atoms with Crippen LogP contribution in [0.1, 0.15) is 6.92 Å². The van der Waals surface area contributed by atoms with E-state index >= 15 is 0 Å². The molecule has 0 aliphatic heterocycles. The molecule has 1 atom stereocenters. The summed E-state index contributed by atoms with van der Waals surface area (Å²) in [4.78, 5) is 28.7. The monoisotopic (exact) mass is 227 g/mol. The van der Waals surface area contributed by atoms with Gasteiger partial charge in [-0.1, -0.05) is 0 Å². The van der Waals surface area contributed by atoms with Crippen molar-refractivity contribution in [2.75, 3.05) is 19.5 Å². The van der Waals surface area contributed by atoms with Crippen LogP contribution in [-0.4, -0.2) is 36.2 Å². The van der Waals surface area contributed by atoms with E-state index < -0.39 is 17.6 Å². The Morgan fingerprint density at radius 3 is 2.81 bits per heavy atom. The van der Waals surface area contributed by atoms with Gasteiger partial charge < -0.3 is 19.8 Å². The van der Waals surface area contributed by atoms with Crippen molar-refractivity contribution in [1.29, 1.82) is 0 Å². The molecule has 0 aliphatic carbocycles. The lowest BCUT2D eigenvalue weighted by Crippen LogP contribution is -2.28. The first-order valence-corrected chi connectivity index (χ1v) is 4.56. The maximum Gasteiger partial charge on any atom is 0.328 e. The van der Waals surface area contributed by atoms with Crippen molar-refractivity contribution >= 4 is 11.8 Å². The van der Waals surface area contributed by atoms with Crippen molar-refractivity contribution in [3.63, 3.8) is 0 Å². The second-order valence-corrected chi connectivity index (χ2v) is 3.00. The minimum Gasteiger partial charge on any atom is -0.489 e. The molecule has 1 heterocycles. The maximum absolute atomic E-state index is 11.3. The van der Waals surface area contributed by atoms with Gasteiger partial charge in [-0.15, -0.1) is 0 Å². The summed E-state index contributed by atoms with van der Waals surface area (Å²) in [7, 11) is 2.63. The molecule has 0 fully saturated rings. The third-order valence-corrected chi connectivity index (χ3v) is 1.92. The standard InChI is InChI=1S/C9H13N3O4/c1-5(9(14)16-3)12-7-6(15-2)8(13)11-4-10-7/h4-5H,1-3H3,(H2,10,11,12,13). The van der Waals surface area contributed by atoms with Gasteiger partial charge in [-0.05, 0) is 6.92 Å². The van der Waals surface area contributed by atoms with Crippen LogP contribution in [0.15, 0.2) is 11.1 Å². The number of nitrogens with one attached hydrogen (secondary N) is 2. The number of esters is 1. The average molecular weight is 227 g/mol. The highest BCUT2D eigenvalue weighted by Gasteiger charge is 2.17. The summed E-state index contributed by atoms with van der Waals surface area (Å²) in [5, 5.41) is 2.72. The smallest absolute Gasteiger partial charge is 0.328 e.